The van der Waals surface area contributed by atoms with Crippen LogP contribution >= 0.6 is 0 Å². The van der Waals surface area contributed by atoms with Crippen molar-refractivity contribution in [2.24, 2.45) is 11.7 Å². The van der Waals surface area contributed by atoms with Crippen molar-refractivity contribution in [3.8, 4) is 0 Å². The molecular weight excluding hydrogens is 256 g/mol. The zero-order chi connectivity index (χ0) is 15.1. The number of carboxylic acid groups (broad SMARTS) is 1. The molecule has 110 valence electrons. The number of benzene rings is 1. The highest BCUT2D eigenvalue weighted by Crippen LogP contribution is 2.15. The van der Waals surface area contributed by atoms with Crippen molar-refractivity contribution in [3.05, 3.63) is 35.9 Å². The van der Waals surface area contributed by atoms with Crippen LogP contribution in [0.2, 0.25) is 0 Å². The Balaban J connectivity index is 2.78. The molecule has 1 rings (SSSR count). The van der Waals surface area contributed by atoms with Crippen LogP contribution in [-0.4, -0.2) is 29.6 Å². The molecular formula is C15H22N2O3. The summed E-state index contributed by atoms with van der Waals surface area (Å²) in [4.78, 5) is 23.4. The monoisotopic (exact) mass is 278 g/mol. The van der Waals surface area contributed by atoms with E-state index in [1.165, 1.54) is 0 Å². The molecule has 5 heteroatoms. The topological polar surface area (TPSA) is 92.4 Å². The molecule has 1 aromatic carbocycles. The van der Waals surface area contributed by atoms with Gasteiger partial charge in [0.2, 0.25) is 5.91 Å². The Morgan fingerprint density at radius 3 is 2.30 bits per heavy atom. The summed E-state index contributed by atoms with van der Waals surface area (Å²) in [7, 11) is 0. The summed E-state index contributed by atoms with van der Waals surface area (Å²) in [5, 5.41) is 11.7. The quantitative estimate of drug-likeness (QED) is 0.702. The van der Waals surface area contributed by atoms with Crippen LogP contribution in [0.5, 0.6) is 0 Å². The Morgan fingerprint density at radius 2 is 1.85 bits per heavy atom. The highest BCUT2D eigenvalue weighted by Gasteiger charge is 2.25. The molecule has 0 radical (unpaired) electrons. The van der Waals surface area contributed by atoms with Crippen LogP contribution in [-0.2, 0) is 9.59 Å². The number of aliphatic carboxylic acids is 1. The van der Waals surface area contributed by atoms with Crippen molar-refractivity contribution in [2.45, 2.75) is 32.2 Å². The average molecular weight is 278 g/mol. The number of hydrogen-bond donors (Lipinski definition) is 3. The predicted molar refractivity (Wildman–Crippen MR) is 77.3 cm³/mol. The molecule has 2 atom stereocenters. The Hall–Kier alpha value is -1.88. The van der Waals surface area contributed by atoms with E-state index in [0.717, 1.165) is 5.56 Å². The van der Waals surface area contributed by atoms with Crippen LogP contribution in [0.25, 0.3) is 0 Å². The van der Waals surface area contributed by atoms with Gasteiger partial charge in [-0.15, -0.1) is 0 Å². The Bertz CT molecular complexity index is 446. The summed E-state index contributed by atoms with van der Waals surface area (Å²) < 4.78 is 0. The Morgan fingerprint density at radius 1 is 1.25 bits per heavy atom. The van der Waals surface area contributed by atoms with Gasteiger partial charge in [-0.05, 0) is 17.9 Å². The highest BCUT2D eigenvalue weighted by molar-refractivity contribution is 5.88. The standard InChI is InChI=1S/C15H22N2O3/c1-10(2)8-13(15(19)20)17-14(18)12(9-16)11-6-4-3-5-7-11/h3-7,10,12-13H,8-9,16H2,1-2H3,(H,17,18)(H,19,20). The lowest BCUT2D eigenvalue weighted by Crippen LogP contribution is -2.45. The van der Waals surface area contributed by atoms with E-state index in [1.807, 2.05) is 44.2 Å². The minimum atomic E-state index is -1.02. The first-order valence-corrected chi connectivity index (χ1v) is 6.73. The molecule has 1 aromatic rings. The van der Waals surface area contributed by atoms with Gasteiger partial charge in [0.1, 0.15) is 6.04 Å². The van der Waals surface area contributed by atoms with Gasteiger partial charge >= 0.3 is 5.97 Å². The van der Waals surface area contributed by atoms with Gasteiger partial charge in [-0.1, -0.05) is 44.2 Å². The van der Waals surface area contributed by atoms with Crippen molar-refractivity contribution in [1.82, 2.24) is 5.32 Å². The number of amides is 1. The van der Waals surface area contributed by atoms with Crippen LogP contribution in [0.3, 0.4) is 0 Å². The molecule has 0 heterocycles. The fourth-order valence-corrected chi connectivity index (χ4v) is 2.05. The molecule has 0 aliphatic rings. The largest absolute Gasteiger partial charge is 0.480 e. The van der Waals surface area contributed by atoms with E-state index in [-0.39, 0.29) is 18.4 Å². The van der Waals surface area contributed by atoms with Gasteiger partial charge in [0, 0.05) is 6.54 Å². The third kappa shape index (κ3) is 4.66. The van der Waals surface area contributed by atoms with Crippen molar-refractivity contribution < 1.29 is 14.7 Å². The number of nitrogens with one attached hydrogen (secondary N) is 1. The average Bonchev–Trinajstić information content (AvgIpc) is 2.39. The lowest BCUT2D eigenvalue weighted by molar-refractivity contribution is -0.142. The van der Waals surface area contributed by atoms with E-state index < -0.39 is 17.9 Å². The minimum absolute atomic E-state index is 0.143. The fraction of sp³-hybridized carbons (Fsp3) is 0.467. The van der Waals surface area contributed by atoms with Gasteiger partial charge in [-0.25, -0.2) is 4.79 Å². The maximum absolute atomic E-state index is 12.2. The summed E-state index contributed by atoms with van der Waals surface area (Å²) in [5.74, 6) is -1.70. The summed E-state index contributed by atoms with van der Waals surface area (Å²) in [5.41, 5.74) is 6.44. The second-order valence-electron chi connectivity index (χ2n) is 5.23. The highest BCUT2D eigenvalue weighted by atomic mass is 16.4. The number of carbonyl (C=O) groups is 2. The second-order valence-corrected chi connectivity index (χ2v) is 5.23. The number of nitrogens with two attached hydrogens (primary N) is 1. The zero-order valence-corrected chi connectivity index (χ0v) is 11.9. The summed E-state index contributed by atoms with van der Waals surface area (Å²) in [6.07, 6.45) is 0.396. The molecule has 1 amide bonds. The second kappa shape index (κ2) is 7.65. The molecule has 2 unspecified atom stereocenters. The van der Waals surface area contributed by atoms with Crippen molar-refractivity contribution in [3.63, 3.8) is 0 Å². The number of carboxylic acids is 1. The smallest absolute Gasteiger partial charge is 0.326 e. The lowest BCUT2D eigenvalue weighted by atomic mass is 9.97. The van der Waals surface area contributed by atoms with Gasteiger partial charge in [0.25, 0.3) is 0 Å². The van der Waals surface area contributed by atoms with Crippen LogP contribution < -0.4 is 11.1 Å². The van der Waals surface area contributed by atoms with Gasteiger partial charge in [-0.2, -0.15) is 0 Å². The third-order valence-corrected chi connectivity index (χ3v) is 3.08. The maximum atomic E-state index is 12.2. The molecule has 0 spiro atoms. The fourth-order valence-electron chi connectivity index (χ4n) is 2.05. The number of hydrogen-bond acceptors (Lipinski definition) is 3. The first-order chi connectivity index (χ1) is 9.45. The maximum Gasteiger partial charge on any atom is 0.326 e. The van der Waals surface area contributed by atoms with E-state index >= 15 is 0 Å². The van der Waals surface area contributed by atoms with Crippen LogP contribution in [0.1, 0.15) is 31.7 Å². The van der Waals surface area contributed by atoms with Crippen LogP contribution in [0.15, 0.2) is 30.3 Å². The van der Waals surface area contributed by atoms with Crippen molar-refractivity contribution in [2.75, 3.05) is 6.54 Å². The van der Waals surface area contributed by atoms with E-state index in [1.54, 1.807) is 0 Å². The Labute approximate surface area is 119 Å². The van der Waals surface area contributed by atoms with E-state index in [4.69, 9.17) is 10.8 Å². The molecule has 5 nitrogen and oxygen atoms in total. The summed E-state index contributed by atoms with van der Waals surface area (Å²) in [6, 6.07) is 8.26. The molecule has 0 aromatic heterocycles. The normalized spacial score (nSPS) is 13.8. The van der Waals surface area contributed by atoms with Crippen LogP contribution in [0.4, 0.5) is 0 Å². The molecule has 4 N–H and O–H groups in total. The number of carbonyl (C=O) groups excluding carboxylic acids is 1. The summed E-state index contributed by atoms with van der Waals surface area (Å²) >= 11 is 0. The van der Waals surface area contributed by atoms with E-state index in [2.05, 4.69) is 5.32 Å². The first-order valence-electron chi connectivity index (χ1n) is 6.73. The van der Waals surface area contributed by atoms with E-state index in [9.17, 15) is 9.59 Å². The summed E-state index contributed by atoms with van der Waals surface area (Å²) in [6.45, 7) is 3.98. The molecule has 0 aliphatic heterocycles. The molecule has 0 aliphatic carbocycles. The van der Waals surface area contributed by atoms with Gasteiger partial charge < -0.3 is 16.2 Å². The first kappa shape index (κ1) is 16.2. The molecule has 0 fully saturated rings. The van der Waals surface area contributed by atoms with Crippen molar-refractivity contribution >= 4 is 11.9 Å². The molecule has 0 bridgehead atoms. The molecule has 0 saturated carbocycles. The molecule has 20 heavy (non-hydrogen) atoms. The van der Waals surface area contributed by atoms with Crippen LogP contribution in [0, 0.1) is 5.92 Å². The van der Waals surface area contributed by atoms with E-state index in [0.29, 0.717) is 6.42 Å². The van der Waals surface area contributed by atoms with Gasteiger partial charge in [0.15, 0.2) is 0 Å². The minimum Gasteiger partial charge on any atom is -0.480 e. The number of rotatable bonds is 7. The third-order valence-electron chi connectivity index (χ3n) is 3.08. The zero-order valence-electron chi connectivity index (χ0n) is 11.9. The predicted octanol–water partition coefficient (Wildman–Crippen LogP) is 1.34. The Kier molecular flexibility index (Phi) is 6.18. The SMILES string of the molecule is CC(C)CC(NC(=O)C(CN)c1ccccc1)C(=O)O. The molecule has 0 saturated heterocycles. The lowest BCUT2D eigenvalue weighted by Gasteiger charge is -2.20. The van der Waals surface area contributed by atoms with Gasteiger partial charge in [-0.3, -0.25) is 4.79 Å². The van der Waals surface area contributed by atoms with Crippen molar-refractivity contribution in [1.29, 1.82) is 0 Å². The van der Waals surface area contributed by atoms with Gasteiger partial charge in [0.05, 0.1) is 5.92 Å².